The molecule has 6 heteroatoms. The molecule has 1 amide bonds. The lowest BCUT2D eigenvalue weighted by molar-refractivity contribution is -0.110. The van der Waals surface area contributed by atoms with Crippen LogP contribution < -0.4 is 14.8 Å². The molecule has 1 N–H and O–H groups in total. The van der Waals surface area contributed by atoms with Crippen molar-refractivity contribution < 1.29 is 18.7 Å². The molecule has 0 aliphatic carbocycles. The van der Waals surface area contributed by atoms with Gasteiger partial charge < -0.3 is 14.8 Å². The van der Waals surface area contributed by atoms with Crippen LogP contribution in [0.15, 0.2) is 60.7 Å². The van der Waals surface area contributed by atoms with E-state index in [0.717, 1.165) is 11.3 Å². The number of fused-ring (bicyclic) bond motifs is 1. The highest BCUT2D eigenvalue weighted by molar-refractivity contribution is 6.35. The van der Waals surface area contributed by atoms with E-state index in [4.69, 9.17) is 21.1 Å². The zero-order valence-corrected chi connectivity index (χ0v) is 17.0. The Morgan fingerprint density at radius 3 is 2.70 bits per heavy atom. The Labute approximate surface area is 178 Å². The molecule has 30 heavy (non-hydrogen) atoms. The highest BCUT2D eigenvalue weighted by Crippen LogP contribution is 2.39. The van der Waals surface area contributed by atoms with Gasteiger partial charge in [0.25, 0.3) is 5.91 Å². The van der Waals surface area contributed by atoms with Gasteiger partial charge in [0.15, 0.2) is 11.5 Å². The predicted octanol–water partition coefficient (Wildman–Crippen LogP) is 5.95. The number of anilines is 1. The Morgan fingerprint density at radius 2 is 1.90 bits per heavy atom. The second kappa shape index (κ2) is 8.59. The van der Waals surface area contributed by atoms with Crippen LogP contribution >= 0.6 is 11.6 Å². The summed E-state index contributed by atoms with van der Waals surface area (Å²) in [5, 5.41) is 3.19. The van der Waals surface area contributed by atoms with Gasteiger partial charge in [-0.2, -0.15) is 0 Å². The lowest BCUT2D eigenvalue weighted by atomic mass is 10.0. The van der Waals surface area contributed by atoms with Crippen LogP contribution in [0.4, 0.5) is 10.1 Å². The number of carbonyl (C=O) groups excluding carboxylic acids is 1. The van der Waals surface area contributed by atoms with E-state index in [-0.39, 0.29) is 18.3 Å². The van der Waals surface area contributed by atoms with Crippen LogP contribution in [0.25, 0.3) is 11.6 Å². The van der Waals surface area contributed by atoms with Crippen LogP contribution in [-0.4, -0.2) is 12.5 Å². The molecule has 0 saturated carbocycles. The van der Waals surface area contributed by atoms with Crippen molar-refractivity contribution >= 4 is 34.8 Å². The van der Waals surface area contributed by atoms with Gasteiger partial charge in [-0.1, -0.05) is 41.9 Å². The van der Waals surface area contributed by atoms with Crippen molar-refractivity contribution in [2.75, 3.05) is 11.9 Å². The molecule has 0 radical (unpaired) electrons. The normalized spacial score (nSPS) is 13.8. The third-order valence-corrected chi connectivity index (χ3v) is 4.91. The zero-order valence-electron chi connectivity index (χ0n) is 16.2. The molecule has 0 spiro atoms. The monoisotopic (exact) mass is 423 g/mol. The Bertz CT molecular complexity index is 1140. The molecule has 0 aromatic heterocycles. The molecule has 3 aromatic carbocycles. The second-order valence-electron chi connectivity index (χ2n) is 6.74. The lowest BCUT2D eigenvalue weighted by Gasteiger charge is -2.15. The molecule has 152 valence electrons. The largest absolute Gasteiger partial charge is 0.490 e. The Kier molecular flexibility index (Phi) is 5.72. The number of hydrogen-bond acceptors (Lipinski definition) is 3. The summed E-state index contributed by atoms with van der Waals surface area (Å²) in [6.07, 6.45) is 1.77. The van der Waals surface area contributed by atoms with Gasteiger partial charge >= 0.3 is 0 Å². The molecule has 0 saturated heterocycles. The van der Waals surface area contributed by atoms with E-state index in [2.05, 4.69) is 5.32 Å². The fraction of sp³-hybridized carbons (Fsp3) is 0.125. The summed E-state index contributed by atoms with van der Waals surface area (Å²) in [5.74, 6) is 0.335. The maximum absolute atomic E-state index is 13.4. The van der Waals surface area contributed by atoms with Gasteiger partial charge in [0.05, 0.1) is 11.6 Å². The van der Waals surface area contributed by atoms with E-state index in [1.807, 2.05) is 31.2 Å². The first-order valence-corrected chi connectivity index (χ1v) is 9.89. The molecule has 4 rings (SSSR count). The molecule has 1 aliphatic rings. The van der Waals surface area contributed by atoms with Crippen LogP contribution in [0.5, 0.6) is 11.5 Å². The van der Waals surface area contributed by atoms with Gasteiger partial charge in [-0.3, -0.25) is 4.79 Å². The topological polar surface area (TPSA) is 47.6 Å². The Balaban J connectivity index is 1.66. The summed E-state index contributed by atoms with van der Waals surface area (Å²) < 4.78 is 25.0. The maximum Gasteiger partial charge on any atom is 0.256 e. The van der Waals surface area contributed by atoms with Gasteiger partial charge in [-0.05, 0) is 54.5 Å². The minimum atomic E-state index is -0.329. The van der Waals surface area contributed by atoms with Crippen LogP contribution in [0, 0.1) is 5.82 Å². The number of carbonyl (C=O) groups is 1. The van der Waals surface area contributed by atoms with Crippen molar-refractivity contribution in [3.8, 4) is 11.5 Å². The predicted molar refractivity (Wildman–Crippen MR) is 116 cm³/mol. The number of para-hydroxylation sites is 1. The van der Waals surface area contributed by atoms with Crippen molar-refractivity contribution in [1.29, 1.82) is 0 Å². The van der Waals surface area contributed by atoms with E-state index < -0.39 is 0 Å². The van der Waals surface area contributed by atoms with Crippen LogP contribution in [0.1, 0.15) is 23.6 Å². The molecular weight excluding hydrogens is 405 g/mol. The minimum absolute atomic E-state index is 0.147. The van der Waals surface area contributed by atoms with Crippen molar-refractivity contribution in [2.24, 2.45) is 0 Å². The number of nitrogens with one attached hydrogen (secondary N) is 1. The zero-order chi connectivity index (χ0) is 21.1. The fourth-order valence-electron chi connectivity index (χ4n) is 3.31. The maximum atomic E-state index is 13.4. The third kappa shape index (κ3) is 4.16. The summed E-state index contributed by atoms with van der Waals surface area (Å²) in [4.78, 5) is 12.4. The van der Waals surface area contributed by atoms with Gasteiger partial charge in [0.2, 0.25) is 0 Å². The van der Waals surface area contributed by atoms with Gasteiger partial charge in [0.1, 0.15) is 12.4 Å². The van der Waals surface area contributed by atoms with Gasteiger partial charge in [-0.15, -0.1) is 0 Å². The number of benzene rings is 3. The SMILES string of the molecule is CCOc1cc(C=C2C(=O)Nc3ccccc32)cc(Cl)c1OCc1cccc(F)c1. The second-order valence-corrected chi connectivity index (χ2v) is 7.15. The Hall–Kier alpha value is -3.31. The molecule has 3 aromatic rings. The van der Waals surface area contributed by atoms with Gasteiger partial charge in [0, 0.05) is 16.8 Å². The Morgan fingerprint density at radius 1 is 1.07 bits per heavy atom. The van der Waals surface area contributed by atoms with E-state index in [1.54, 1.807) is 30.3 Å². The average molecular weight is 424 g/mol. The standard InChI is InChI=1S/C24H19ClFNO3/c1-2-29-22-13-16(11-19-18-8-3-4-9-21(18)27-24(19)28)12-20(25)23(22)30-14-15-6-5-7-17(26)10-15/h3-13H,2,14H2,1H3,(H,27,28). The average Bonchev–Trinajstić information content (AvgIpc) is 3.03. The quantitative estimate of drug-likeness (QED) is 0.498. The first-order valence-electron chi connectivity index (χ1n) is 9.51. The number of amides is 1. The molecular formula is C24H19ClFNO3. The number of rotatable bonds is 6. The molecule has 0 unspecified atom stereocenters. The van der Waals surface area contributed by atoms with E-state index in [9.17, 15) is 9.18 Å². The number of ether oxygens (including phenoxy) is 2. The van der Waals surface area contributed by atoms with E-state index in [1.165, 1.54) is 12.1 Å². The van der Waals surface area contributed by atoms with Crippen molar-refractivity contribution in [3.05, 3.63) is 88.2 Å². The molecule has 0 bridgehead atoms. The highest BCUT2D eigenvalue weighted by atomic mass is 35.5. The summed E-state index contributed by atoms with van der Waals surface area (Å²) >= 11 is 6.48. The van der Waals surface area contributed by atoms with Gasteiger partial charge in [-0.25, -0.2) is 4.39 Å². The molecule has 1 heterocycles. The summed E-state index contributed by atoms with van der Waals surface area (Å²) in [5.41, 5.74) is 3.56. The number of halogens is 2. The van der Waals surface area contributed by atoms with Crippen molar-refractivity contribution in [3.63, 3.8) is 0 Å². The minimum Gasteiger partial charge on any atom is -0.490 e. The summed E-state index contributed by atoms with van der Waals surface area (Å²) in [7, 11) is 0. The van der Waals surface area contributed by atoms with Crippen molar-refractivity contribution in [1.82, 2.24) is 0 Å². The first kappa shape index (κ1) is 20.0. The first-order chi connectivity index (χ1) is 14.5. The number of hydrogen-bond donors (Lipinski definition) is 1. The third-order valence-electron chi connectivity index (χ3n) is 4.62. The van der Waals surface area contributed by atoms with Crippen LogP contribution in [0.3, 0.4) is 0 Å². The fourth-order valence-corrected chi connectivity index (χ4v) is 3.58. The molecule has 1 aliphatic heterocycles. The van der Waals surface area contributed by atoms with Crippen LogP contribution in [-0.2, 0) is 11.4 Å². The van der Waals surface area contributed by atoms with E-state index >= 15 is 0 Å². The highest BCUT2D eigenvalue weighted by Gasteiger charge is 2.23. The van der Waals surface area contributed by atoms with Crippen LogP contribution in [0.2, 0.25) is 5.02 Å². The molecule has 4 nitrogen and oxygen atoms in total. The van der Waals surface area contributed by atoms with E-state index in [0.29, 0.717) is 39.8 Å². The molecule has 0 atom stereocenters. The molecule has 0 fully saturated rings. The van der Waals surface area contributed by atoms with Crippen molar-refractivity contribution in [2.45, 2.75) is 13.5 Å². The summed E-state index contributed by atoms with van der Waals surface area (Å²) in [6, 6.07) is 17.2. The lowest BCUT2D eigenvalue weighted by Crippen LogP contribution is -2.04. The smallest absolute Gasteiger partial charge is 0.256 e. The summed E-state index contributed by atoms with van der Waals surface area (Å²) in [6.45, 7) is 2.42.